The van der Waals surface area contributed by atoms with Gasteiger partial charge in [0.1, 0.15) is 5.78 Å². The molecule has 0 aliphatic rings. The Morgan fingerprint density at radius 3 is 2.36 bits per heavy atom. The van der Waals surface area contributed by atoms with Crippen LogP contribution in [0.5, 0.6) is 0 Å². The number of hydrogen-bond acceptors (Lipinski definition) is 6. The van der Waals surface area contributed by atoms with Gasteiger partial charge < -0.3 is 14.4 Å². The third-order valence-electron chi connectivity index (χ3n) is 3.17. The Kier molecular flexibility index (Phi) is 7.90. The predicted octanol–water partition coefficient (Wildman–Crippen LogP) is 2.57. The maximum absolute atomic E-state index is 12.5. The van der Waals surface area contributed by atoms with Crippen LogP contribution >= 0.6 is 7.60 Å². The van der Waals surface area contributed by atoms with Gasteiger partial charge in [-0.3, -0.25) is 14.3 Å². The van der Waals surface area contributed by atoms with Crippen molar-refractivity contribution in [2.24, 2.45) is 0 Å². The Labute approximate surface area is 132 Å². The van der Waals surface area contributed by atoms with Crippen molar-refractivity contribution in [2.75, 3.05) is 20.3 Å². The molecule has 1 atom stereocenters. The first kappa shape index (κ1) is 19.0. The van der Waals surface area contributed by atoms with Crippen molar-refractivity contribution in [3.05, 3.63) is 29.6 Å². The van der Waals surface area contributed by atoms with Crippen molar-refractivity contribution in [1.82, 2.24) is 10.3 Å². The smallest absolute Gasteiger partial charge is 0.310 e. The number of nitrogens with one attached hydrogen (secondary N) is 1. The van der Waals surface area contributed by atoms with Crippen LogP contribution in [0, 0.1) is 0 Å². The van der Waals surface area contributed by atoms with Crippen LogP contribution in [-0.4, -0.2) is 37.1 Å². The van der Waals surface area contributed by atoms with E-state index in [-0.39, 0.29) is 18.0 Å². The fraction of sp³-hybridized carbons (Fsp3) is 0.600. The zero-order chi connectivity index (χ0) is 16.6. The first-order valence-corrected chi connectivity index (χ1v) is 9.16. The Balaban J connectivity index is 2.75. The largest absolute Gasteiger partial charge is 0.335 e. The molecule has 1 aromatic rings. The number of pyridine rings is 1. The third-order valence-corrected chi connectivity index (χ3v) is 5.22. The van der Waals surface area contributed by atoms with Gasteiger partial charge in [-0.2, -0.15) is 0 Å². The van der Waals surface area contributed by atoms with Gasteiger partial charge in [-0.1, -0.05) is 6.07 Å². The number of Topliss-reactive ketones (excluding diaryl/α,β-unsaturated/α-hetero) is 1. The summed E-state index contributed by atoms with van der Waals surface area (Å²) in [5, 5.41) is 2.96. The van der Waals surface area contributed by atoms with Crippen molar-refractivity contribution < 1.29 is 18.4 Å². The highest BCUT2D eigenvalue weighted by molar-refractivity contribution is 7.53. The minimum absolute atomic E-state index is 0.0746. The fourth-order valence-corrected chi connectivity index (χ4v) is 3.75. The van der Waals surface area contributed by atoms with Crippen LogP contribution in [0.2, 0.25) is 0 Å². The average Bonchev–Trinajstić information content (AvgIpc) is 2.46. The molecule has 0 bridgehead atoms. The van der Waals surface area contributed by atoms with Gasteiger partial charge in [0.2, 0.25) is 0 Å². The molecule has 0 aliphatic carbocycles. The van der Waals surface area contributed by atoms with E-state index in [1.165, 1.54) is 0 Å². The highest BCUT2D eigenvalue weighted by Crippen LogP contribution is 2.51. The minimum atomic E-state index is -3.11. The van der Waals surface area contributed by atoms with Crippen LogP contribution in [0.15, 0.2) is 18.3 Å². The van der Waals surface area contributed by atoms with Crippen LogP contribution in [-0.2, 0) is 31.0 Å². The molecule has 0 spiro atoms. The second kappa shape index (κ2) is 9.16. The summed E-state index contributed by atoms with van der Waals surface area (Å²) in [6.45, 7) is 5.80. The number of ketones is 1. The zero-order valence-corrected chi connectivity index (χ0v) is 14.6. The Morgan fingerprint density at radius 2 is 1.95 bits per heavy atom. The molecule has 7 heteroatoms. The van der Waals surface area contributed by atoms with Crippen molar-refractivity contribution >= 4 is 13.4 Å². The highest BCUT2D eigenvalue weighted by Gasteiger charge is 2.24. The molecule has 0 aromatic carbocycles. The Morgan fingerprint density at radius 1 is 1.32 bits per heavy atom. The third kappa shape index (κ3) is 5.97. The number of carbonyl (C=O) groups is 1. The predicted molar refractivity (Wildman–Crippen MR) is 86.0 cm³/mol. The average molecular weight is 328 g/mol. The molecule has 0 saturated carbocycles. The number of nitrogens with zero attached hydrogens (tertiary/aromatic N) is 1. The SMILES string of the molecule is CCOP(=O)(Cc1ccc(C[C@H](NC)C(C)=O)nc1)OCC. The molecule has 22 heavy (non-hydrogen) atoms. The van der Waals surface area contributed by atoms with Gasteiger partial charge in [0, 0.05) is 18.3 Å². The molecule has 0 aliphatic heterocycles. The maximum atomic E-state index is 12.5. The Hall–Kier alpha value is -1.07. The molecule has 1 heterocycles. The molecular weight excluding hydrogens is 303 g/mol. The van der Waals surface area contributed by atoms with Crippen molar-refractivity contribution in [2.45, 2.75) is 39.4 Å². The van der Waals surface area contributed by atoms with E-state index in [1.54, 1.807) is 34.0 Å². The summed E-state index contributed by atoms with van der Waals surface area (Å²) in [4.78, 5) is 15.7. The van der Waals surface area contributed by atoms with Gasteiger partial charge in [0.25, 0.3) is 0 Å². The van der Waals surface area contributed by atoms with E-state index in [1.807, 2.05) is 12.1 Å². The van der Waals surface area contributed by atoms with Crippen molar-refractivity contribution in [1.29, 1.82) is 0 Å². The molecular formula is C15H25N2O4P. The zero-order valence-electron chi connectivity index (χ0n) is 13.7. The van der Waals surface area contributed by atoms with Crippen molar-refractivity contribution in [3.8, 4) is 0 Å². The lowest BCUT2D eigenvalue weighted by Gasteiger charge is -2.17. The van der Waals surface area contributed by atoms with Gasteiger partial charge in [-0.15, -0.1) is 0 Å². The van der Waals surface area contributed by atoms with Gasteiger partial charge in [-0.25, -0.2) is 0 Å². The second-order valence-corrected chi connectivity index (χ2v) is 6.97. The molecule has 6 nitrogen and oxygen atoms in total. The van der Waals surface area contributed by atoms with Crippen molar-refractivity contribution in [3.63, 3.8) is 0 Å². The summed E-state index contributed by atoms with van der Waals surface area (Å²) in [5.41, 5.74) is 1.60. The quantitative estimate of drug-likeness (QED) is 0.665. The second-order valence-electron chi connectivity index (χ2n) is 4.92. The molecule has 0 radical (unpaired) electrons. The number of likely N-dealkylation sites (N-methyl/N-ethyl adjacent to an activating group) is 1. The number of rotatable bonds is 10. The van der Waals surface area contributed by atoms with E-state index >= 15 is 0 Å². The summed E-state index contributed by atoms with van der Waals surface area (Å²) in [6.07, 6.45) is 2.39. The summed E-state index contributed by atoms with van der Waals surface area (Å²) in [6, 6.07) is 3.45. The van der Waals surface area contributed by atoms with Crippen LogP contribution in [0.25, 0.3) is 0 Å². The van der Waals surface area contributed by atoms with Crippen LogP contribution in [0.1, 0.15) is 32.0 Å². The summed E-state index contributed by atoms with van der Waals surface area (Å²) in [7, 11) is -1.36. The molecule has 1 N–H and O–H groups in total. The monoisotopic (exact) mass is 328 g/mol. The maximum Gasteiger partial charge on any atom is 0.335 e. The molecule has 1 aromatic heterocycles. The summed E-state index contributed by atoms with van der Waals surface area (Å²) >= 11 is 0. The van der Waals surface area contributed by atoms with Gasteiger partial charge >= 0.3 is 7.60 Å². The standard InChI is InChI=1S/C15H25N2O4P/c1-5-20-22(19,21-6-2)11-13-7-8-14(17-10-13)9-15(16-4)12(3)18/h7-8,10,15-16H,5-6,9,11H2,1-4H3/t15-/m0/s1. The van der Waals surface area contributed by atoms with E-state index < -0.39 is 7.60 Å². The van der Waals surface area contributed by atoms with Crippen LogP contribution < -0.4 is 5.32 Å². The molecule has 124 valence electrons. The minimum Gasteiger partial charge on any atom is -0.310 e. The summed E-state index contributed by atoms with van der Waals surface area (Å²) in [5.74, 6) is 0.0746. The van der Waals surface area contributed by atoms with E-state index in [0.717, 1.165) is 11.3 Å². The number of carbonyl (C=O) groups excluding carboxylic acids is 1. The van der Waals surface area contributed by atoms with E-state index in [4.69, 9.17) is 9.05 Å². The number of hydrogen-bond donors (Lipinski definition) is 1. The van der Waals surface area contributed by atoms with Crippen LogP contribution in [0.3, 0.4) is 0 Å². The Bertz CT molecular complexity index is 509. The van der Waals surface area contributed by atoms with Gasteiger partial charge in [-0.05, 0) is 39.4 Å². The van der Waals surface area contributed by atoms with Gasteiger partial charge in [0.15, 0.2) is 0 Å². The first-order valence-electron chi connectivity index (χ1n) is 7.43. The van der Waals surface area contributed by atoms with Crippen LogP contribution in [0.4, 0.5) is 0 Å². The highest BCUT2D eigenvalue weighted by atomic mass is 31.2. The lowest BCUT2D eigenvalue weighted by Crippen LogP contribution is -2.34. The lowest BCUT2D eigenvalue weighted by atomic mass is 10.1. The first-order chi connectivity index (χ1) is 10.4. The molecule has 0 saturated heterocycles. The topological polar surface area (TPSA) is 77.5 Å². The van der Waals surface area contributed by atoms with Gasteiger partial charge in [0.05, 0.1) is 25.4 Å². The normalized spacial score (nSPS) is 13.1. The van der Waals surface area contributed by atoms with E-state index in [0.29, 0.717) is 19.6 Å². The summed E-state index contributed by atoms with van der Waals surface area (Å²) < 4.78 is 23.0. The fourth-order valence-electron chi connectivity index (χ4n) is 2.07. The molecule has 1 rings (SSSR count). The molecule has 0 fully saturated rings. The molecule has 0 amide bonds. The lowest BCUT2D eigenvalue weighted by molar-refractivity contribution is -0.118. The van der Waals surface area contributed by atoms with E-state index in [2.05, 4.69) is 10.3 Å². The molecule has 0 unspecified atom stereocenters. The number of aromatic nitrogens is 1. The van der Waals surface area contributed by atoms with E-state index in [9.17, 15) is 9.36 Å².